The molecule has 166 valence electrons. The van der Waals surface area contributed by atoms with Crippen molar-refractivity contribution < 1.29 is 34.1 Å². The Labute approximate surface area is 171 Å². The lowest BCUT2D eigenvalue weighted by Crippen LogP contribution is -2.54. The van der Waals surface area contributed by atoms with Crippen LogP contribution in [0.25, 0.3) is 0 Å². The van der Waals surface area contributed by atoms with E-state index >= 15 is 0 Å². The third kappa shape index (κ3) is 7.30. The largest absolute Gasteiger partial charge is 0.481 e. The first-order chi connectivity index (χ1) is 13.3. The smallest absolute Gasteiger partial charge is 0.308 e. The standard InChI is InChI=1S/C20H34N2O7/c1-6-19(2,3)18(28)22-14-11-29-12(9-13(14)16(25)26)10-20(4,5)17(27)21-8-7-15(23)24/h12-14H,6-11H2,1-5H3,(H,21,27)(H,22,28)(H,23,24)(H,25,26). The van der Waals surface area contributed by atoms with E-state index in [4.69, 9.17) is 9.84 Å². The van der Waals surface area contributed by atoms with Crippen molar-refractivity contribution in [2.45, 2.75) is 72.4 Å². The van der Waals surface area contributed by atoms with Gasteiger partial charge >= 0.3 is 11.9 Å². The van der Waals surface area contributed by atoms with Gasteiger partial charge in [-0.2, -0.15) is 0 Å². The molecule has 0 saturated carbocycles. The minimum atomic E-state index is -1.01. The van der Waals surface area contributed by atoms with E-state index in [-0.39, 0.29) is 44.2 Å². The average molecular weight is 414 g/mol. The fourth-order valence-electron chi connectivity index (χ4n) is 3.14. The molecule has 0 aromatic rings. The minimum absolute atomic E-state index is 0.0300. The molecule has 4 N–H and O–H groups in total. The summed E-state index contributed by atoms with van der Waals surface area (Å²) in [5.41, 5.74) is -1.46. The van der Waals surface area contributed by atoms with Crippen molar-refractivity contribution >= 4 is 23.8 Å². The summed E-state index contributed by atoms with van der Waals surface area (Å²) in [5, 5.41) is 23.7. The van der Waals surface area contributed by atoms with Crippen LogP contribution in [-0.4, -0.2) is 59.3 Å². The van der Waals surface area contributed by atoms with Crippen LogP contribution in [0.1, 0.15) is 60.3 Å². The summed E-state index contributed by atoms with van der Waals surface area (Å²) in [6.45, 7) is 9.00. The molecule has 3 atom stereocenters. The molecule has 1 saturated heterocycles. The van der Waals surface area contributed by atoms with Gasteiger partial charge in [0.05, 0.1) is 31.1 Å². The second kappa shape index (κ2) is 10.0. The lowest BCUT2D eigenvalue weighted by Gasteiger charge is -2.38. The molecule has 2 amide bonds. The zero-order valence-corrected chi connectivity index (χ0v) is 17.9. The Hall–Kier alpha value is -2.16. The summed E-state index contributed by atoms with van der Waals surface area (Å²) < 4.78 is 5.79. The van der Waals surface area contributed by atoms with Gasteiger partial charge in [-0.25, -0.2) is 0 Å². The number of carboxylic acid groups (broad SMARTS) is 2. The van der Waals surface area contributed by atoms with Crippen molar-refractivity contribution in [3.8, 4) is 0 Å². The monoisotopic (exact) mass is 414 g/mol. The van der Waals surface area contributed by atoms with Gasteiger partial charge in [0.15, 0.2) is 0 Å². The van der Waals surface area contributed by atoms with Crippen molar-refractivity contribution in [3.05, 3.63) is 0 Å². The van der Waals surface area contributed by atoms with Crippen LogP contribution >= 0.6 is 0 Å². The summed E-state index contributed by atoms with van der Waals surface area (Å²) in [4.78, 5) is 47.1. The third-order valence-electron chi connectivity index (χ3n) is 5.62. The molecule has 9 nitrogen and oxygen atoms in total. The first-order valence-electron chi connectivity index (χ1n) is 9.95. The molecule has 0 aromatic carbocycles. The van der Waals surface area contributed by atoms with Crippen LogP contribution in [0.4, 0.5) is 0 Å². The van der Waals surface area contributed by atoms with Crippen LogP contribution in [0.3, 0.4) is 0 Å². The average Bonchev–Trinajstić information content (AvgIpc) is 2.61. The van der Waals surface area contributed by atoms with Gasteiger partial charge < -0.3 is 25.6 Å². The molecule has 1 fully saturated rings. The van der Waals surface area contributed by atoms with E-state index in [0.29, 0.717) is 6.42 Å². The fourth-order valence-corrected chi connectivity index (χ4v) is 3.14. The highest BCUT2D eigenvalue weighted by Crippen LogP contribution is 2.32. The second-order valence-electron chi connectivity index (χ2n) is 8.94. The molecule has 0 radical (unpaired) electrons. The highest BCUT2D eigenvalue weighted by molar-refractivity contribution is 5.83. The Morgan fingerprint density at radius 3 is 2.17 bits per heavy atom. The zero-order valence-electron chi connectivity index (χ0n) is 17.9. The molecule has 1 rings (SSSR count). The summed E-state index contributed by atoms with van der Waals surface area (Å²) >= 11 is 0. The number of ether oxygens (including phenoxy) is 1. The Morgan fingerprint density at radius 2 is 1.66 bits per heavy atom. The number of carbonyl (C=O) groups is 4. The highest BCUT2D eigenvalue weighted by atomic mass is 16.5. The van der Waals surface area contributed by atoms with E-state index in [1.807, 2.05) is 6.92 Å². The quantitative estimate of drug-likeness (QED) is 0.423. The van der Waals surface area contributed by atoms with Crippen molar-refractivity contribution in [2.24, 2.45) is 16.7 Å². The number of amides is 2. The van der Waals surface area contributed by atoms with Crippen molar-refractivity contribution in [1.82, 2.24) is 10.6 Å². The van der Waals surface area contributed by atoms with Gasteiger partial charge in [0.2, 0.25) is 11.8 Å². The maximum Gasteiger partial charge on any atom is 0.308 e. The number of aliphatic carboxylic acids is 2. The van der Waals surface area contributed by atoms with Gasteiger partial charge in [-0.05, 0) is 19.3 Å². The number of carboxylic acids is 2. The first kappa shape index (κ1) is 24.9. The Balaban J connectivity index is 2.72. The Kier molecular flexibility index (Phi) is 8.62. The van der Waals surface area contributed by atoms with E-state index in [2.05, 4.69) is 10.6 Å². The summed E-state index contributed by atoms with van der Waals surface area (Å²) in [6, 6.07) is -0.630. The molecular formula is C20H34N2O7. The van der Waals surface area contributed by atoms with E-state index in [0.717, 1.165) is 0 Å². The molecule has 3 unspecified atom stereocenters. The van der Waals surface area contributed by atoms with Crippen LogP contribution in [0.15, 0.2) is 0 Å². The first-order valence-corrected chi connectivity index (χ1v) is 9.95. The molecule has 0 bridgehead atoms. The van der Waals surface area contributed by atoms with E-state index < -0.39 is 40.8 Å². The molecule has 1 heterocycles. The van der Waals surface area contributed by atoms with E-state index in [9.17, 15) is 24.3 Å². The molecule has 29 heavy (non-hydrogen) atoms. The number of rotatable bonds is 10. The maximum atomic E-state index is 12.4. The maximum absolute atomic E-state index is 12.4. The third-order valence-corrected chi connectivity index (χ3v) is 5.62. The van der Waals surface area contributed by atoms with Crippen molar-refractivity contribution in [2.75, 3.05) is 13.2 Å². The summed E-state index contributed by atoms with van der Waals surface area (Å²) in [7, 11) is 0. The predicted octanol–water partition coefficient (Wildman–Crippen LogP) is 1.40. The lowest BCUT2D eigenvalue weighted by atomic mass is 9.80. The van der Waals surface area contributed by atoms with Gasteiger partial charge in [-0.15, -0.1) is 0 Å². The van der Waals surface area contributed by atoms with Crippen LogP contribution in [0, 0.1) is 16.7 Å². The van der Waals surface area contributed by atoms with Crippen LogP contribution in [-0.2, 0) is 23.9 Å². The minimum Gasteiger partial charge on any atom is -0.481 e. The lowest BCUT2D eigenvalue weighted by molar-refractivity contribution is -0.152. The Bertz CT molecular complexity index is 630. The fraction of sp³-hybridized carbons (Fsp3) is 0.800. The van der Waals surface area contributed by atoms with Gasteiger partial charge in [-0.1, -0.05) is 34.6 Å². The number of hydrogen-bond donors (Lipinski definition) is 4. The predicted molar refractivity (Wildman–Crippen MR) is 105 cm³/mol. The van der Waals surface area contributed by atoms with Gasteiger partial charge in [-0.3, -0.25) is 19.2 Å². The highest BCUT2D eigenvalue weighted by Gasteiger charge is 2.41. The summed E-state index contributed by atoms with van der Waals surface area (Å²) in [6.07, 6.45) is 0.467. The van der Waals surface area contributed by atoms with Crippen LogP contribution < -0.4 is 10.6 Å². The summed E-state index contributed by atoms with van der Waals surface area (Å²) in [5.74, 6) is -3.34. The number of nitrogens with one attached hydrogen (secondary N) is 2. The Morgan fingerprint density at radius 1 is 1.03 bits per heavy atom. The number of hydrogen-bond acceptors (Lipinski definition) is 5. The van der Waals surface area contributed by atoms with Gasteiger partial charge in [0.1, 0.15) is 0 Å². The van der Waals surface area contributed by atoms with Crippen LogP contribution in [0.5, 0.6) is 0 Å². The topological polar surface area (TPSA) is 142 Å². The molecule has 9 heteroatoms. The van der Waals surface area contributed by atoms with Crippen molar-refractivity contribution in [1.29, 1.82) is 0 Å². The molecule has 0 aliphatic carbocycles. The zero-order chi connectivity index (χ0) is 22.4. The normalized spacial score (nSPS) is 22.6. The molecule has 0 aromatic heterocycles. The van der Waals surface area contributed by atoms with Gasteiger partial charge in [0.25, 0.3) is 0 Å². The van der Waals surface area contributed by atoms with Crippen molar-refractivity contribution in [3.63, 3.8) is 0 Å². The van der Waals surface area contributed by atoms with E-state index in [1.165, 1.54) is 0 Å². The van der Waals surface area contributed by atoms with E-state index in [1.54, 1.807) is 27.7 Å². The van der Waals surface area contributed by atoms with Gasteiger partial charge in [0, 0.05) is 17.4 Å². The van der Waals surface area contributed by atoms with Crippen LogP contribution in [0.2, 0.25) is 0 Å². The second-order valence-corrected chi connectivity index (χ2v) is 8.94. The number of carbonyl (C=O) groups excluding carboxylic acids is 2. The molecule has 0 spiro atoms. The molecular weight excluding hydrogens is 380 g/mol. The molecule has 1 aliphatic heterocycles. The molecule has 1 aliphatic rings. The SMILES string of the molecule is CCC(C)(C)C(=O)NC1COC(CC(C)(C)C(=O)NCCC(=O)O)CC1C(=O)O.